The predicted molar refractivity (Wildman–Crippen MR) is 100 cm³/mol. The molecule has 4 rings (SSSR count). The highest BCUT2D eigenvalue weighted by molar-refractivity contribution is 7.10. The highest BCUT2D eigenvalue weighted by Gasteiger charge is 2.39. The molecule has 10 heteroatoms. The highest BCUT2D eigenvalue weighted by atomic mass is 32.1. The van der Waals surface area contributed by atoms with Crippen molar-refractivity contribution in [3.8, 4) is 5.75 Å². The van der Waals surface area contributed by atoms with Crippen LogP contribution in [0.15, 0.2) is 53.0 Å². The molecule has 0 radical (unpaired) electrons. The molecule has 1 N–H and O–H groups in total. The van der Waals surface area contributed by atoms with Crippen molar-refractivity contribution >= 4 is 29.0 Å². The van der Waals surface area contributed by atoms with Crippen molar-refractivity contribution in [1.82, 2.24) is 20.2 Å². The standard InChI is InChI=1S/C18H15N5O4S/c1-26-11-6-3-5-10(9-11)16(24)13-14(17(25)27-2)19-18-20-21-22-23(18)15(13)12-7-4-8-28-12/h3-9,15H,1-2H3,(H,19,20,22)/t15-/m1/s1. The van der Waals surface area contributed by atoms with E-state index >= 15 is 0 Å². The third-order valence-electron chi connectivity index (χ3n) is 4.30. The number of hydrogen-bond acceptors (Lipinski definition) is 9. The van der Waals surface area contributed by atoms with Gasteiger partial charge in [0.2, 0.25) is 5.95 Å². The van der Waals surface area contributed by atoms with Gasteiger partial charge < -0.3 is 14.8 Å². The molecule has 1 atom stereocenters. The van der Waals surface area contributed by atoms with Crippen molar-refractivity contribution in [1.29, 1.82) is 0 Å². The van der Waals surface area contributed by atoms with Gasteiger partial charge >= 0.3 is 5.97 Å². The van der Waals surface area contributed by atoms with E-state index in [1.54, 1.807) is 24.3 Å². The topological polar surface area (TPSA) is 108 Å². The number of nitrogens with one attached hydrogen (secondary N) is 1. The molecule has 0 unspecified atom stereocenters. The van der Waals surface area contributed by atoms with Crippen LogP contribution in [0.5, 0.6) is 5.75 Å². The first-order valence-corrected chi connectivity index (χ1v) is 9.11. The van der Waals surface area contributed by atoms with E-state index < -0.39 is 12.0 Å². The molecule has 3 aromatic rings. The number of carbonyl (C=O) groups excluding carboxylic acids is 2. The minimum absolute atomic E-state index is 0.0102. The van der Waals surface area contributed by atoms with Gasteiger partial charge in [-0.1, -0.05) is 23.3 Å². The molecule has 1 aromatic carbocycles. The second kappa shape index (κ2) is 7.24. The maximum Gasteiger partial charge on any atom is 0.355 e. The summed E-state index contributed by atoms with van der Waals surface area (Å²) in [4.78, 5) is 26.8. The van der Waals surface area contributed by atoms with Gasteiger partial charge in [0.05, 0.1) is 19.8 Å². The number of allylic oxidation sites excluding steroid dienone is 1. The first-order chi connectivity index (χ1) is 13.6. The van der Waals surface area contributed by atoms with Crippen LogP contribution in [0, 0.1) is 0 Å². The summed E-state index contributed by atoms with van der Waals surface area (Å²) in [6.07, 6.45) is 0. The largest absolute Gasteiger partial charge is 0.497 e. The molecule has 0 amide bonds. The Hall–Kier alpha value is -3.53. The lowest BCUT2D eigenvalue weighted by Crippen LogP contribution is -2.32. The number of nitrogens with zero attached hydrogens (tertiary/aromatic N) is 4. The van der Waals surface area contributed by atoms with Crippen molar-refractivity contribution < 1.29 is 19.1 Å². The molecule has 1 aliphatic heterocycles. The van der Waals surface area contributed by atoms with Crippen molar-refractivity contribution in [2.75, 3.05) is 19.5 Å². The fourth-order valence-corrected chi connectivity index (χ4v) is 3.84. The summed E-state index contributed by atoms with van der Waals surface area (Å²) in [5, 5.41) is 16.3. The number of tetrazole rings is 1. The van der Waals surface area contributed by atoms with Crippen LogP contribution >= 0.6 is 11.3 Å². The summed E-state index contributed by atoms with van der Waals surface area (Å²) in [5.74, 6) is -0.250. The summed E-state index contributed by atoms with van der Waals surface area (Å²) in [6.45, 7) is 0. The Bertz CT molecular complexity index is 1070. The van der Waals surface area contributed by atoms with Gasteiger partial charge in [0, 0.05) is 10.4 Å². The Balaban J connectivity index is 1.93. The van der Waals surface area contributed by atoms with Gasteiger partial charge in [0.1, 0.15) is 17.5 Å². The third kappa shape index (κ3) is 2.93. The second-order valence-corrected chi connectivity index (χ2v) is 6.81. The van der Waals surface area contributed by atoms with Crippen LogP contribution in [-0.4, -0.2) is 46.2 Å². The maximum atomic E-state index is 13.5. The van der Waals surface area contributed by atoms with Gasteiger partial charge in [-0.25, -0.2) is 4.79 Å². The molecule has 0 bridgehead atoms. The van der Waals surface area contributed by atoms with Crippen LogP contribution in [0.1, 0.15) is 21.3 Å². The normalized spacial score (nSPS) is 15.6. The van der Waals surface area contributed by atoms with E-state index in [4.69, 9.17) is 9.47 Å². The highest BCUT2D eigenvalue weighted by Crippen LogP contribution is 2.38. The molecule has 0 aliphatic carbocycles. The lowest BCUT2D eigenvalue weighted by Gasteiger charge is -2.27. The molecule has 9 nitrogen and oxygen atoms in total. The maximum absolute atomic E-state index is 13.5. The summed E-state index contributed by atoms with van der Waals surface area (Å²) in [6, 6.07) is 9.78. The Morgan fingerprint density at radius 1 is 1.21 bits per heavy atom. The number of esters is 1. The number of rotatable bonds is 5. The average Bonchev–Trinajstić information content (AvgIpc) is 3.43. The quantitative estimate of drug-likeness (QED) is 0.515. The van der Waals surface area contributed by atoms with Gasteiger partial charge in [0.25, 0.3) is 0 Å². The first-order valence-electron chi connectivity index (χ1n) is 8.23. The van der Waals surface area contributed by atoms with E-state index in [-0.39, 0.29) is 23.0 Å². The summed E-state index contributed by atoms with van der Waals surface area (Å²) < 4.78 is 11.6. The molecule has 0 fully saturated rings. The summed E-state index contributed by atoms with van der Waals surface area (Å²) >= 11 is 1.43. The van der Waals surface area contributed by atoms with Crippen LogP contribution < -0.4 is 10.1 Å². The minimum atomic E-state index is -0.679. The zero-order valence-electron chi connectivity index (χ0n) is 14.9. The molecule has 0 saturated heterocycles. The zero-order valence-corrected chi connectivity index (χ0v) is 15.8. The SMILES string of the molecule is COC(=O)C1=C(C(=O)c2cccc(OC)c2)[C@@H](c2cccs2)n2nnnc2N1. The average molecular weight is 397 g/mol. The number of carbonyl (C=O) groups is 2. The number of aromatic nitrogens is 4. The number of ether oxygens (including phenoxy) is 2. The van der Waals surface area contributed by atoms with Crippen molar-refractivity contribution in [3.63, 3.8) is 0 Å². The van der Waals surface area contributed by atoms with Crippen LogP contribution in [-0.2, 0) is 9.53 Å². The monoisotopic (exact) mass is 397 g/mol. The number of ketones is 1. The fraction of sp³-hybridized carbons (Fsp3) is 0.167. The smallest absolute Gasteiger partial charge is 0.355 e. The molecule has 28 heavy (non-hydrogen) atoms. The van der Waals surface area contributed by atoms with E-state index in [0.717, 1.165) is 4.88 Å². The van der Waals surface area contributed by atoms with Crippen molar-refractivity contribution in [3.05, 3.63) is 63.5 Å². The van der Waals surface area contributed by atoms with E-state index in [1.165, 1.54) is 30.2 Å². The van der Waals surface area contributed by atoms with E-state index in [9.17, 15) is 9.59 Å². The van der Waals surface area contributed by atoms with E-state index in [1.807, 2.05) is 17.5 Å². The Labute approximate surface area is 163 Å². The van der Waals surface area contributed by atoms with Crippen LogP contribution in [0.3, 0.4) is 0 Å². The van der Waals surface area contributed by atoms with Gasteiger partial charge in [-0.2, -0.15) is 4.68 Å². The van der Waals surface area contributed by atoms with Gasteiger partial charge in [-0.05, 0) is 34.0 Å². The predicted octanol–water partition coefficient (Wildman–Crippen LogP) is 2.07. The Morgan fingerprint density at radius 3 is 2.79 bits per heavy atom. The van der Waals surface area contributed by atoms with Crippen LogP contribution in [0.2, 0.25) is 0 Å². The van der Waals surface area contributed by atoms with Crippen LogP contribution in [0.25, 0.3) is 0 Å². The summed E-state index contributed by atoms with van der Waals surface area (Å²) in [5.41, 5.74) is 0.578. The number of hydrogen-bond donors (Lipinski definition) is 1. The molecule has 142 valence electrons. The molecule has 1 aliphatic rings. The van der Waals surface area contributed by atoms with Gasteiger partial charge in [-0.3, -0.25) is 4.79 Å². The Morgan fingerprint density at radius 2 is 2.07 bits per heavy atom. The van der Waals surface area contributed by atoms with Crippen molar-refractivity contribution in [2.24, 2.45) is 0 Å². The molecular formula is C18H15N5O4S. The van der Waals surface area contributed by atoms with E-state index in [2.05, 4.69) is 20.8 Å². The third-order valence-corrected chi connectivity index (χ3v) is 5.22. The zero-order chi connectivity index (χ0) is 19.7. The van der Waals surface area contributed by atoms with Gasteiger partial charge in [0.15, 0.2) is 5.78 Å². The second-order valence-electron chi connectivity index (χ2n) is 5.83. The number of benzene rings is 1. The first kappa shape index (κ1) is 17.9. The molecular weight excluding hydrogens is 382 g/mol. The number of fused-ring (bicyclic) bond motifs is 1. The Kier molecular flexibility index (Phi) is 4.62. The van der Waals surface area contributed by atoms with Gasteiger partial charge in [-0.15, -0.1) is 11.3 Å². The number of thiophene rings is 1. The van der Waals surface area contributed by atoms with Crippen molar-refractivity contribution in [2.45, 2.75) is 6.04 Å². The molecule has 2 aromatic heterocycles. The lowest BCUT2D eigenvalue weighted by molar-refractivity contribution is -0.136. The van der Waals surface area contributed by atoms with Crippen LogP contribution in [0.4, 0.5) is 5.95 Å². The molecule has 0 saturated carbocycles. The molecule has 0 spiro atoms. The molecule has 3 heterocycles. The fourth-order valence-electron chi connectivity index (χ4n) is 3.02. The number of anilines is 1. The number of methoxy groups -OCH3 is 2. The number of Topliss-reactive ketones (excluding diaryl/α,β-unsaturated/α-hetero) is 1. The minimum Gasteiger partial charge on any atom is -0.497 e. The lowest BCUT2D eigenvalue weighted by atomic mass is 9.92. The summed E-state index contributed by atoms with van der Waals surface area (Å²) in [7, 11) is 2.77. The van der Waals surface area contributed by atoms with E-state index in [0.29, 0.717) is 11.3 Å².